The average molecular weight is 598 g/mol. The Morgan fingerprint density at radius 3 is 2.60 bits per heavy atom. The molecule has 2 aromatic heterocycles. The number of hydrogen-bond acceptors (Lipinski definition) is 7. The minimum Gasteiger partial charge on any atom is -0.493 e. The lowest BCUT2D eigenvalue weighted by Gasteiger charge is -2.33. The molecule has 0 aliphatic carbocycles. The first kappa shape index (κ1) is 29.8. The first-order valence-corrected chi connectivity index (χ1v) is 15.0. The molecule has 0 unspecified atom stereocenters. The molecule has 11 nitrogen and oxygen atoms in total. The zero-order valence-electron chi connectivity index (χ0n) is 22.9. The standard InChI is InChI=1S/C26H33ClFN5O6S/c1-5-31-14-16(2)33-21-20(23(39-4)22(33)26(31)36)25(35)32(15-17-9-10-19(28)18(27)13-17)29-24(21)30(3)40(37,38)12-8-6-7-11-34/h9-10,13,16,34H,5-8,11-12,14-15H2,1-4H3/t16-/m0/s1. The molecule has 1 aliphatic heterocycles. The van der Waals surface area contributed by atoms with E-state index in [1.807, 2.05) is 13.8 Å². The number of aliphatic hydroxyl groups excluding tert-OH is 1. The van der Waals surface area contributed by atoms with Gasteiger partial charge in [0, 0.05) is 32.8 Å². The number of rotatable bonds is 11. The second-order valence-electron chi connectivity index (χ2n) is 9.77. The number of fused-ring (bicyclic) bond motifs is 3. The zero-order valence-corrected chi connectivity index (χ0v) is 24.4. The number of carbonyl (C=O) groups excluding carboxylic acids is 1. The molecule has 3 heterocycles. The third-order valence-corrected chi connectivity index (χ3v) is 9.23. The number of aromatic nitrogens is 3. The molecule has 1 aliphatic rings. The molecule has 1 N–H and O–H groups in total. The van der Waals surface area contributed by atoms with Crippen molar-refractivity contribution < 1.29 is 27.4 Å². The van der Waals surface area contributed by atoms with E-state index in [1.54, 1.807) is 9.47 Å². The number of aliphatic hydroxyl groups is 1. The van der Waals surface area contributed by atoms with Gasteiger partial charge in [-0.15, -0.1) is 5.10 Å². The van der Waals surface area contributed by atoms with Crippen LogP contribution in [0.25, 0.3) is 10.9 Å². The number of nitrogens with zero attached hydrogens (tertiary/aromatic N) is 5. The lowest BCUT2D eigenvalue weighted by molar-refractivity contribution is 0.0685. The number of ether oxygens (including phenoxy) is 1. The van der Waals surface area contributed by atoms with Crippen molar-refractivity contribution in [3.8, 4) is 5.75 Å². The van der Waals surface area contributed by atoms with Gasteiger partial charge in [-0.05, 0) is 44.4 Å². The summed E-state index contributed by atoms with van der Waals surface area (Å²) < 4.78 is 50.0. The van der Waals surface area contributed by atoms with Crippen LogP contribution in [0.3, 0.4) is 0 Å². The molecule has 1 atom stereocenters. The summed E-state index contributed by atoms with van der Waals surface area (Å²) >= 11 is 5.95. The van der Waals surface area contributed by atoms with Gasteiger partial charge in [0.1, 0.15) is 16.7 Å². The van der Waals surface area contributed by atoms with Gasteiger partial charge in [0.2, 0.25) is 10.0 Å². The Morgan fingerprint density at radius 1 is 1.25 bits per heavy atom. The molecular weight excluding hydrogens is 565 g/mol. The summed E-state index contributed by atoms with van der Waals surface area (Å²) in [6, 6.07) is 3.67. The smallest absolute Gasteiger partial charge is 0.280 e. The van der Waals surface area contributed by atoms with Gasteiger partial charge in [0.15, 0.2) is 17.3 Å². The normalized spacial score (nSPS) is 15.5. The molecule has 0 saturated heterocycles. The Hall–Kier alpha value is -3.16. The first-order valence-electron chi connectivity index (χ1n) is 13.0. The second-order valence-corrected chi connectivity index (χ2v) is 12.3. The topological polar surface area (TPSA) is 127 Å². The summed E-state index contributed by atoms with van der Waals surface area (Å²) in [5.74, 6) is -1.17. The van der Waals surface area contributed by atoms with Crippen molar-refractivity contribution >= 4 is 44.3 Å². The molecule has 0 bridgehead atoms. The summed E-state index contributed by atoms with van der Waals surface area (Å²) in [7, 11) is -1.21. The van der Waals surface area contributed by atoms with Gasteiger partial charge >= 0.3 is 0 Å². The van der Waals surface area contributed by atoms with Crippen LogP contribution in [0, 0.1) is 5.82 Å². The van der Waals surface area contributed by atoms with Crippen LogP contribution in [0.4, 0.5) is 10.2 Å². The SMILES string of the molecule is CCN1C[C@H](C)n2c(c(OC)c3c(=O)n(Cc4ccc(F)c(Cl)c4)nc(N(C)S(=O)(=O)CCCCCO)c32)C1=O. The van der Waals surface area contributed by atoms with Crippen molar-refractivity contribution in [2.24, 2.45) is 0 Å². The zero-order chi connectivity index (χ0) is 29.4. The van der Waals surface area contributed by atoms with E-state index in [2.05, 4.69) is 5.10 Å². The number of benzene rings is 1. The maximum atomic E-state index is 13.9. The van der Waals surface area contributed by atoms with Gasteiger partial charge in [-0.25, -0.2) is 17.5 Å². The summed E-state index contributed by atoms with van der Waals surface area (Å²) in [5, 5.41) is 13.4. The Balaban J connectivity index is 1.99. The van der Waals surface area contributed by atoms with Crippen molar-refractivity contribution in [3.63, 3.8) is 0 Å². The number of unbranched alkanes of at least 4 members (excludes halogenated alkanes) is 2. The molecule has 1 aromatic carbocycles. The maximum absolute atomic E-state index is 13.9. The Kier molecular flexibility index (Phi) is 8.76. The Morgan fingerprint density at radius 2 is 1.98 bits per heavy atom. The number of halogens is 2. The lowest BCUT2D eigenvalue weighted by atomic mass is 10.2. The van der Waals surface area contributed by atoms with E-state index in [0.29, 0.717) is 37.9 Å². The molecule has 0 fully saturated rings. The number of anilines is 1. The number of likely N-dealkylation sites (N-methyl/N-ethyl adjacent to an activating group) is 1. The van der Waals surface area contributed by atoms with Crippen LogP contribution < -0.4 is 14.6 Å². The fourth-order valence-corrected chi connectivity index (χ4v) is 6.47. The Labute approximate surface area is 236 Å². The number of sulfonamides is 1. The number of carbonyl (C=O) groups is 1. The summed E-state index contributed by atoms with van der Waals surface area (Å²) in [5.41, 5.74) is 0.193. The van der Waals surface area contributed by atoms with Crippen LogP contribution in [-0.2, 0) is 16.6 Å². The fraction of sp³-hybridized carbons (Fsp3) is 0.500. The Bertz CT molecular complexity index is 1610. The molecule has 4 rings (SSSR count). The minimum atomic E-state index is -3.92. The van der Waals surface area contributed by atoms with Crippen LogP contribution in [-0.4, -0.2) is 78.3 Å². The highest BCUT2D eigenvalue weighted by Gasteiger charge is 2.38. The molecule has 218 valence electrons. The third-order valence-electron chi connectivity index (χ3n) is 7.13. The first-order chi connectivity index (χ1) is 19.0. The summed E-state index contributed by atoms with van der Waals surface area (Å²) in [4.78, 5) is 29.0. The van der Waals surface area contributed by atoms with Crippen LogP contribution in [0.2, 0.25) is 5.02 Å². The van der Waals surface area contributed by atoms with Crippen molar-refractivity contribution in [1.82, 2.24) is 19.2 Å². The fourth-order valence-electron chi connectivity index (χ4n) is 5.04. The van der Waals surface area contributed by atoms with E-state index in [9.17, 15) is 22.4 Å². The van der Waals surface area contributed by atoms with Crippen LogP contribution in [0.15, 0.2) is 23.0 Å². The van der Waals surface area contributed by atoms with E-state index in [4.69, 9.17) is 21.4 Å². The van der Waals surface area contributed by atoms with Gasteiger partial charge in [-0.1, -0.05) is 24.1 Å². The van der Waals surface area contributed by atoms with Gasteiger partial charge in [0.25, 0.3) is 11.5 Å². The van der Waals surface area contributed by atoms with Crippen LogP contribution >= 0.6 is 11.6 Å². The monoisotopic (exact) mass is 597 g/mol. The van der Waals surface area contributed by atoms with Gasteiger partial charge in [0.05, 0.1) is 24.4 Å². The molecule has 0 saturated carbocycles. The molecule has 1 amide bonds. The largest absolute Gasteiger partial charge is 0.493 e. The third kappa shape index (κ3) is 5.29. The molecular formula is C26H33ClFN5O6S. The quantitative estimate of drug-likeness (QED) is 0.337. The minimum absolute atomic E-state index is 0.0243. The van der Waals surface area contributed by atoms with Crippen molar-refractivity contribution in [2.75, 3.05) is 43.9 Å². The van der Waals surface area contributed by atoms with Crippen LogP contribution in [0.5, 0.6) is 5.75 Å². The molecule has 0 radical (unpaired) electrons. The van der Waals surface area contributed by atoms with E-state index in [0.717, 1.165) is 8.99 Å². The van der Waals surface area contributed by atoms with E-state index < -0.39 is 21.4 Å². The van der Waals surface area contributed by atoms with E-state index in [1.165, 1.54) is 32.4 Å². The molecule has 14 heteroatoms. The second kappa shape index (κ2) is 11.8. The van der Waals surface area contributed by atoms with Crippen LogP contribution in [0.1, 0.15) is 55.2 Å². The number of amides is 1. The lowest BCUT2D eigenvalue weighted by Crippen LogP contribution is -2.42. The molecule has 40 heavy (non-hydrogen) atoms. The van der Waals surface area contributed by atoms with Crippen molar-refractivity contribution in [3.05, 3.63) is 50.7 Å². The van der Waals surface area contributed by atoms with Gasteiger partial charge in [-0.3, -0.25) is 13.9 Å². The van der Waals surface area contributed by atoms with Crippen molar-refractivity contribution in [2.45, 2.75) is 45.7 Å². The van der Waals surface area contributed by atoms with E-state index >= 15 is 0 Å². The molecule has 0 spiro atoms. The highest BCUT2D eigenvalue weighted by molar-refractivity contribution is 7.92. The highest BCUT2D eigenvalue weighted by Crippen LogP contribution is 2.41. The molecule has 3 aromatic rings. The van der Waals surface area contributed by atoms with E-state index in [-0.39, 0.29) is 64.0 Å². The summed E-state index contributed by atoms with van der Waals surface area (Å²) in [6.45, 7) is 4.34. The summed E-state index contributed by atoms with van der Waals surface area (Å²) in [6.07, 6.45) is 1.31. The van der Waals surface area contributed by atoms with Gasteiger partial charge < -0.3 is 19.3 Å². The number of methoxy groups -OCH3 is 1. The highest BCUT2D eigenvalue weighted by atomic mass is 35.5. The average Bonchev–Trinajstić information content (AvgIpc) is 3.28. The predicted molar refractivity (Wildman–Crippen MR) is 150 cm³/mol. The predicted octanol–water partition coefficient (Wildman–Crippen LogP) is 3.01. The maximum Gasteiger partial charge on any atom is 0.280 e. The number of hydrogen-bond donors (Lipinski definition) is 1. The van der Waals surface area contributed by atoms with Gasteiger partial charge in [-0.2, -0.15) is 0 Å². The van der Waals surface area contributed by atoms with Crippen molar-refractivity contribution in [1.29, 1.82) is 0 Å².